The molecule has 5 rings (SSSR count). The molecule has 2 amide bonds. The first-order chi connectivity index (χ1) is 24.1. The lowest BCUT2D eigenvalue weighted by atomic mass is 9.79. The van der Waals surface area contributed by atoms with Gasteiger partial charge in [0.05, 0.1) is 0 Å². The van der Waals surface area contributed by atoms with Crippen molar-refractivity contribution in [3.63, 3.8) is 0 Å². The summed E-state index contributed by atoms with van der Waals surface area (Å²) < 4.78 is 5.38. The van der Waals surface area contributed by atoms with Gasteiger partial charge >= 0.3 is 5.97 Å². The van der Waals surface area contributed by atoms with Gasteiger partial charge in [-0.25, -0.2) is 5.48 Å². The molecule has 0 aliphatic rings. The molecule has 0 aliphatic heterocycles. The van der Waals surface area contributed by atoms with Crippen LogP contribution in [0.5, 0.6) is 0 Å². The average Bonchev–Trinajstić information content (AvgIpc) is 3.13. The van der Waals surface area contributed by atoms with Gasteiger partial charge in [-0.15, -0.1) is 0 Å². The van der Waals surface area contributed by atoms with E-state index in [-0.39, 0.29) is 30.6 Å². The summed E-state index contributed by atoms with van der Waals surface area (Å²) in [6, 6.07) is 44.7. The number of benzene rings is 5. The van der Waals surface area contributed by atoms with E-state index in [1.165, 1.54) is 0 Å². The van der Waals surface area contributed by atoms with E-state index in [0.717, 1.165) is 27.9 Å². The Kier molecular flexibility index (Phi) is 11.6. The smallest absolute Gasteiger partial charge is 0.306 e. The molecule has 0 aromatic heterocycles. The molecule has 0 radical (unpaired) electrons. The Labute approximate surface area is 294 Å². The Balaban J connectivity index is 1.46. The lowest BCUT2D eigenvalue weighted by Gasteiger charge is -2.35. The summed E-state index contributed by atoms with van der Waals surface area (Å²) >= 11 is 0. The molecule has 7 heteroatoms. The highest BCUT2D eigenvalue weighted by atomic mass is 16.7. The second-order valence-electron chi connectivity index (χ2n) is 13.0. The maximum Gasteiger partial charge on any atom is 0.306 e. The first-order valence-corrected chi connectivity index (χ1v) is 17.0. The third kappa shape index (κ3) is 8.73. The number of carbonyl (C=O) groups is 3. The van der Waals surface area contributed by atoms with Crippen molar-refractivity contribution < 1.29 is 24.0 Å². The predicted molar refractivity (Wildman–Crippen MR) is 197 cm³/mol. The number of amides is 2. The van der Waals surface area contributed by atoms with Crippen LogP contribution in [0, 0.1) is 0 Å². The molecule has 0 spiro atoms. The highest BCUT2D eigenvalue weighted by Gasteiger charge is 2.40. The van der Waals surface area contributed by atoms with Crippen LogP contribution in [0.3, 0.4) is 0 Å². The topological polar surface area (TPSA) is 84.9 Å². The van der Waals surface area contributed by atoms with Gasteiger partial charge in [0.25, 0.3) is 5.91 Å². The standard InChI is InChI=1S/C43H44N2O5/c1-5-45(38-29-27-33(28-30-38)32-17-9-6-10-18-32)41(48)34-19-15-24-37(31-34)43(35-20-11-7-12-21-35,36-22-13-8-14-23-36)50-44-39(46)25-16-26-40(47)49-42(2,3)4/h6-15,17-24,27-31H,5,16,25-26H2,1-4H3,(H,44,46). The molecule has 0 fully saturated rings. The molecule has 50 heavy (non-hydrogen) atoms. The number of hydrogen-bond acceptors (Lipinski definition) is 5. The average molecular weight is 669 g/mol. The van der Waals surface area contributed by atoms with Crippen LogP contribution in [0.4, 0.5) is 5.69 Å². The van der Waals surface area contributed by atoms with Crippen LogP contribution in [0.25, 0.3) is 11.1 Å². The van der Waals surface area contributed by atoms with E-state index in [0.29, 0.717) is 24.1 Å². The molecule has 0 atom stereocenters. The highest BCUT2D eigenvalue weighted by molar-refractivity contribution is 6.06. The van der Waals surface area contributed by atoms with E-state index in [2.05, 4.69) is 17.6 Å². The van der Waals surface area contributed by atoms with E-state index in [9.17, 15) is 14.4 Å². The Morgan fingerprint density at radius 3 is 1.74 bits per heavy atom. The molecular weight excluding hydrogens is 624 g/mol. The van der Waals surface area contributed by atoms with Gasteiger partial charge in [-0.1, -0.05) is 115 Å². The minimum absolute atomic E-state index is 0.0615. The maximum absolute atomic E-state index is 14.2. The summed E-state index contributed by atoms with van der Waals surface area (Å²) in [5, 5.41) is 0. The van der Waals surface area contributed by atoms with Crippen LogP contribution in [0.15, 0.2) is 140 Å². The summed E-state index contributed by atoms with van der Waals surface area (Å²) in [6.45, 7) is 7.84. The van der Waals surface area contributed by atoms with Crippen LogP contribution >= 0.6 is 0 Å². The maximum atomic E-state index is 14.2. The zero-order chi connectivity index (χ0) is 35.6. The highest BCUT2D eigenvalue weighted by Crippen LogP contribution is 2.40. The Morgan fingerprint density at radius 1 is 0.640 bits per heavy atom. The van der Waals surface area contributed by atoms with Crippen LogP contribution < -0.4 is 10.4 Å². The van der Waals surface area contributed by atoms with Gasteiger partial charge in [-0.05, 0) is 86.2 Å². The molecule has 0 unspecified atom stereocenters. The minimum atomic E-state index is -1.31. The molecule has 5 aromatic rings. The van der Waals surface area contributed by atoms with Crippen molar-refractivity contribution in [3.8, 4) is 11.1 Å². The second kappa shape index (κ2) is 16.2. The molecule has 0 aliphatic carbocycles. The molecule has 1 N–H and O–H groups in total. The van der Waals surface area contributed by atoms with Crippen LogP contribution in [-0.4, -0.2) is 29.9 Å². The van der Waals surface area contributed by atoms with Crippen LogP contribution in [0.2, 0.25) is 0 Å². The largest absolute Gasteiger partial charge is 0.460 e. The van der Waals surface area contributed by atoms with E-state index in [1.807, 2.05) is 149 Å². The normalized spacial score (nSPS) is 11.4. The van der Waals surface area contributed by atoms with Crippen molar-refractivity contribution in [1.82, 2.24) is 5.48 Å². The number of anilines is 1. The summed E-state index contributed by atoms with van der Waals surface area (Å²) in [5.41, 5.74) is 6.39. The number of nitrogens with one attached hydrogen (secondary N) is 1. The Morgan fingerprint density at radius 2 is 1.18 bits per heavy atom. The minimum Gasteiger partial charge on any atom is -0.460 e. The van der Waals surface area contributed by atoms with Gasteiger partial charge in [0.1, 0.15) is 5.60 Å². The van der Waals surface area contributed by atoms with E-state index >= 15 is 0 Å². The van der Waals surface area contributed by atoms with Crippen molar-refractivity contribution in [2.45, 2.75) is 58.2 Å². The van der Waals surface area contributed by atoms with Gasteiger partial charge in [0.15, 0.2) is 5.60 Å². The number of nitrogens with zero attached hydrogens (tertiary/aromatic N) is 1. The molecule has 0 saturated carbocycles. The predicted octanol–water partition coefficient (Wildman–Crippen LogP) is 8.87. The van der Waals surface area contributed by atoms with Gasteiger partial charge in [0, 0.05) is 30.6 Å². The number of rotatable bonds is 13. The van der Waals surface area contributed by atoms with E-state index in [4.69, 9.17) is 9.57 Å². The number of hydrogen-bond donors (Lipinski definition) is 1. The van der Waals surface area contributed by atoms with Gasteiger partial charge in [-0.2, -0.15) is 0 Å². The third-order valence-corrected chi connectivity index (χ3v) is 8.25. The van der Waals surface area contributed by atoms with Crippen molar-refractivity contribution in [2.24, 2.45) is 0 Å². The lowest BCUT2D eigenvalue weighted by Crippen LogP contribution is -2.40. The van der Waals surface area contributed by atoms with Crippen LogP contribution in [-0.2, 0) is 24.8 Å². The first-order valence-electron chi connectivity index (χ1n) is 17.0. The molecule has 0 bridgehead atoms. The summed E-state index contributed by atoms with van der Waals surface area (Å²) in [7, 11) is 0. The summed E-state index contributed by atoms with van der Waals surface area (Å²) in [4.78, 5) is 47.8. The van der Waals surface area contributed by atoms with Gasteiger partial charge in [-0.3, -0.25) is 19.2 Å². The fraction of sp³-hybridized carbons (Fsp3) is 0.233. The summed E-state index contributed by atoms with van der Waals surface area (Å²) in [6.07, 6.45) is 0.475. The number of hydroxylamine groups is 1. The van der Waals surface area contributed by atoms with Crippen molar-refractivity contribution in [3.05, 3.63) is 162 Å². The van der Waals surface area contributed by atoms with Crippen molar-refractivity contribution in [1.29, 1.82) is 0 Å². The monoisotopic (exact) mass is 668 g/mol. The zero-order valence-corrected chi connectivity index (χ0v) is 29.1. The fourth-order valence-electron chi connectivity index (χ4n) is 5.93. The molecule has 0 heterocycles. The van der Waals surface area contributed by atoms with Crippen LogP contribution in [0.1, 0.15) is 74.0 Å². The van der Waals surface area contributed by atoms with Gasteiger partial charge in [0.2, 0.25) is 5.91 Å². The Hall–Kier alpha value is -5.53. The SMILES string of the molecule is CCN(C(=O)c1cccc(C(ONC(=O)CCCC(=O)OC(C)(C)C)(c2ccccc2)c2ccccc2)c1)c1ccc(-c2ccccc2)cc1. The zero-order valence-electron chi connectivity index (χ0n) is 29.1. The molecular formula is C43H44N2O5. The van der Waals surface area contributed by atoms with Crippen molar-refractivity contribution >= 4 is 23.5 Å². The van der Waals surface area contributed by atoms with E-state index in [1.54, 1.807) is 11.0 Å². The first kappa shape index (κ1) is 35.8. The second-order valence-corrected chi connectivity index (χ2v) is 13.0. The quantitative estimate of drug-likeness (QED) is 0.0770. The van der Waals surface area contributed by atoms with Gasteiger partial charge < -0.3 is 9.64 Å². The Bertz CT molecular complexity index is 1830. The summed E-state index contributed by atoms with van der Waals surface area (Å²) in [5.74, 6) is -0.903. The number of ether oxygens (including phenoxy) is 1. The molecule has 0 saturated heterocycles. The number of carbonyl (C=O) groups excluding carboxylic acids is 3. The number of esters is 1. The third-order valence-electron chi connectivity index (χ3n) is 8.25. The lowest BCUT2D eigenvalue weighted by molar-refractivity contribution is -0.155. The van der Waals surface area contributed by atoms with Crippen molar-refractivity contribution in [2.75, 3.05) is 11.4 Å². The van der Waals surface area contributed by atoms with E-state index < -0.39 is 11.2 Å². The fourth-order valence-corrected chi connectivity index (χ4v) is 5.93. The molecule has 7 nitrogen and oxygen atoms in total. The molecule has 5 aromatic carbocycles. The molecule has 256 valence electrons.